The number of amides is 3. The lowest BCUT2D eigenvalue weighted by atomic mass is 9.80. The largest absolute Gasteiger partial charge is 0.790 e. The fraction of sp³-hybridized carbons (Fsp3) is 0.448. The molecule has 3 aliphatic heterocycles. The predicted octanol–water partition coefficient (Wildman–Crippen LogP) is 4.51. The molecule has 1 fully saturated rings. The zero-order valence-electron chi connectivity index (χ0n) is 58.0. The molecule has 0 bridgehead atoms. The van der Waals surface area contributed by atoms with E-state index < -0.39 is 91.1 Å². The molecule has 1 aromatic heterocycles. The van der Waals surface area contributed by atoms with Crippen molar-refractivity contribution in [3.63, 3.8) is 0 Å². The number of ether oxygens (including phenoxy) is 6. The molecule has 6 N–H and O–H groups in total. The van der Waals surface area contributed by atoms with Crippen LogP contribution < -0.4 is 66.0 Å². The van der Waals surface area contributed by atoms with Gasteiger partial charge in [-0.05, 0) is 117 Å². The van der Waals surface area contributed by atoms with E-state index in [0.717, 1.165) is 48.9 Å². The molecule has 1 saturated heterocycles. The average molecular weight is 1510 g/mol. The predicted molar refractivity (Wildman–Crippen MR) is 371 cm³/mol. The number of aromatic hydroxyl groups is 1. The van der Waals surface area contributed by atoms with E-state index in [0.29, 0.717) is 19.4 Å². The molecule has 4 heterocycles. The number of quaternary nitrogens is 1. The molecule has 0 spiro atoms. The van der Waals surface area contributed by atoms with Gasteiger partial charge in [0.25, 0.3) is 27.1 Å². The van der Waals surface area contributed by atoms with Crippen LogP contribution >= 0.6 is 23.5 Å². The van der Waals surface area contributed by atoms with Crippen molar-refractivity contribution >= 4 is 52.6 Å². The molecule has 3 aliphatic rings. The Kier molecular flexibility index (Phi) is 29.4. The number of rotatable bonds is 39. The van der Waals surface area contributed by atoms with Gasteiger partial charge in [-0.3, -0.25) is 47.1 Å². The summed E-state index contributed by atoms with van der Waals surface area (Å²) in [6.45, 7) is 10.7. The Balaban J connectivity index is 0.718. The van der Waals surface area contributed by atoms with Gasteiger partial charge in [0.15, 0.2) is 6.23 Å². The highest BCUT2D eigenvalue weighted by Crippen LogP contribution is 2.60. The van der Waals surface area contributed by atoms with Gasteiger partial charge in [-0.25, -0.2) is 9.11 Å². The summed E-state index contributed by atoms with van der Waals surface area (Å²) in [5.74, 6) is 4.99. The number of nitrogens with zero attached hydrogens (tertiary/aromatic N) is 8. The Morgan fingerprint density at radius 1 is 0.857 bits per heavy atom. The van der Waals surface area contributed by atoms with Crippen LogP contribution in [0.2, 0.25) is 0 Å². The summed E-state index contributed by atoms with van der Waals surface area (Å²) < 4.78 is 80.1. The lowest BCUT2D eigenvalue weighted by Crippen LogP contribution is -3.10. The van der Waals surface area contributed by atoms with Crippen molar-refractivity contribution < 1.29 is 99.2 Å². The first-order valence-corrected chi connectivity index (χ1v) is 37.6. The summed E-state index contributed by atoms with van der Waals surface area (Å²) in [5, 5.41) is 24.6. The number of benzene rings is 4. The number of fused-ring (bicyclic) bond motifs is 2. The molecule has 105 heavy (non-hydrogen) atoms. The van der Waals surface area contributed by atoms with Gasteiger partial charge in [-0.15, -0.1) is 0 Å². The van der Waals surface area contributed by atoms with E-state index in [4.69, 9.17) is 34.0 Å². The van der Waals surface area contributed by atoms with E-state index in [1.807, 2.05) is 4.98 Å². The number of phosphoric acid groups is 3. The number of allylic oxidation sites excluding steroid dienone is 3. The van der Waals surface area contributed by atoms with Crippen LogP contribution in [0.1, 0.15) is 105 Å². The quantitative estimate of drug-likeness (QED) is 0.00787. The van der Waals surface area contributed by atoms with Crippen molar-refractivity contribution in [2.45, 2.75) is 115 Å². The Morgan fingerprint density at radius 2 is 1.63 bits per heavy atom. The average Bonchev–Trinajstić information content (AvgIpc) is 1.60. The molecular formula is C67H81N13O22P3-3. The summed E-state index contributed by atoms with van der Waals surface area (Å²) in [6, 6.07) is 28.6. The van der Waals surface area contributed by atoms with Crippen LogP contribution in [0.25, 0.3) is 20.9 Å². The molecule has 8 atom stereocenters. The van der Waals surface area contributed by atoms with Crippen molar-refractivity contribution in [3.05, 3.63) is 191 Å². The molecule has 8 rings (SSSR count). The van der Waals surface area contributed by atoms with Gasteiger partial charge in [0.1, 0.15) is 66.8 Å². The van der Waals surface area contributed by atoms with Gasteiger partial charge in [0.05, 0.1) is 58.9 Å². The summed E-state index contributed by atoms with van der Waals surface area (Å²) >= 11 is 0. The lowest BCUT2D eigenvalue weighted by Gasteiger charge is -2.37. The molecule has 564 valence electrons. The number of aromatic nitrogens is 2. The minimum atomic E-state index is -6.30. The van der Waals surface area contributed by atoms with E-state index in [1.54, 1.807) is 42.5 Å². The molecule has 3 amide bonds. The van der Waals surface area contributed by atoms with Crippen LogP contribution in [-0.4, -0.2) is 136 Å². The molecule has 8 unspecified atom stereocenters. The topological polar surface area (TPSA) is 494 Å². The van der Waals surface area contributed by atoms with Crippen molar-refractivity contribution in [1.29, 1.82) is 0 Å². The normalized spacial score (nSPS) is 19.5. The number of aryl methyl sites for hydroxylation is 1. The van der Waals surface area contributed by atoms with Crippen molar-refractivity contribution in [3.8, 4) is 29.1 Å². The molecule has 4 aromatic carbocycles. The first-order chi connectivity index (χ1) is 50.0. The van der Waals surface area contributed by atoms with E-state index in [1.165, 1.54) is 44.7 Å². The van der Waals surface area contributed by atoms with Crippen molar-refractivity contribution in [2.24, 2.45) is 10.2 Å². The Morgan fingerprint density at radius 3 is 2.39 bits per heavy atom. The number of aromatic amines is 1. The minimum Gasteiger partial charge on any atom is -0.790 e. The van der Waals surface area contributed by atoms with Gasteiger partial charge in [-0.2, -0.15) is 0 Å². The standard InChI is InChI=1S/C67H84N13O22P3/c1-45-23-28-54-52(37-45)67(4,5)58(21-12-20-57-66(2,3)51-18-8-9-19-53(51)79(57)33-14-34-95-49-26-24-48(81)25-27-49)78(54)32-10-6-7-22-59(82)71-30-31-72-63(84)46-15-11-17-50(38-46)97-43-61(75-77-69)96-36-35-94-42-60(83)70-29-13-16-47-40-80(65(86)74-64(47)85)62-39-55(98-44-73-76-68)56(100-62)41-99-104(90,91)102-105(92,93)101-103(87,88)89/h8-9,11-12,15,17-21,23-28,37-38,40,55-57,61-62,81H,6-7,10,14,22,29-36,39,41-44H2,1-5H3,(H,70,83)(H,71,82)(H,72,84)(H,90,91)(H,92,93)(H,74,85,86)(H2,87,88,89)/p-3/b20-12+,58-21+. The summed E-state index contributed by atoms with van der Waals surface area (Å²) in [7, 11) is -18.6. The van der Waals surface area contributed by atoms with Gasteiger partial charge in [0, 0.05) is 82.8 Å². The maximum atomic E-state index is 13.1. The van der Waals surface area contributed by atoms with Gasteiger partial charge >= 0.3 is 5.69 Å². The Bertz CT molecular complexity index is 4390. The van der Waals surface area contributed by atoms with Crippen LogP contribution in [0.5, 0.6) is 17.2 Å². The zero-order valence-corrected chi connectivity index (χ0v) is 60.7. The highest BCUT2D eigenvalue weighted by Gasteiger charge is 2.48. The Labute approximate surface area is 603 Å². The second-order valence-corrected chi connectivity index (χ2v) is 29.6. The molecule has 38 heteroatoms. The van der Waals surface area contributed by atoms with Gasteiger partial charge in [-0.1, -0.05) is 90.4 Å². The second-order valence-electron chi connectivity index (χ2n) is 25.3. The van der Waals surface area contributed by atoms with Crippen LogP contribution in [0.15, 0.2) is 141 Å². The van der Waals surface area contributed by atoms with E-state index in [9.17, 15) is 67.9 Å². The molecule has 0 aliphatic carbocycles. The highest BCUT2D eigenvalue weighted by molar-refractivity contribution is 7.64. The maximum Gasteiger partial charge on any atom is 0.330 e. The third-order valence-electron chi connectivity index (χ3n) is 17.1. The smallest absolute Gasteiger partial charge is 0.330 e. The van der Waals surface area contributed by atoms with Gasteiger partial charge < -0.3 is 83.0 Å². The molecule has 0 saturated carbocycles. The van der Waals surface area contributed by atoms with E-state index in [-0.39, 0.29) is 91.3 Å². The van der Waals surface area contributed by atoms with E-state index >= 15 is 0 Å². The number of hydrogen-bond donors (Lipinski definition) is 6. The third-order valence-corrected chi connectivity index (χ3v) is 20.8. The first-order valence-electron chi connectivity index (χ1n) is 33.2. The third kappa shape index (κ3) is 24.0. The van der Waals surface area contributed by atoms with Crippen LogP contribution in [-0.2, 0) is 66.2 Å². The highest BCUT2D eigenvalue weighted by atomic mass is 31.3. The number of phenols is 1. The Hall–Kier alpha value is -8.96. The molecule has 0 radical (unpaired) electrons. The number of nitrogens with one attached hydrogen (secondary N) is 5. The first kappa shape index (κ1) is 81.7. The minimum absolute atomic E-state index is 0.124. The summed E-state index contributed by atoms with van der Waals surface area (Å²) in [6.07, 6.45) is 5.79. The van der Waals surface area contributed by atoms with Crippen LogP contribution in [0.4, 0.5) is 11.4 Å². The maximum absolute atomic E-state index is 13.1. The zero-order chi connectivity index (χ0) is 76.0. The number of unbranched alkanes of at least 4 members (excludes halogenated alkanes) is 2. The summed E-state index contributed by atoms with van der Waals surface area (Å²) in [5.41, 5.74) is 22.9. The fourth-order valence-electron chi connectivity index (χ4n) is 12.2. The van der Waals surface area contributed by atoms with E-state index in [2.05, 4.69) is 161 Å². The summed E-state index contributed by atoms with van der Waals surface area (Å²) in [4.78, 5) is 120. The number of azide groups is 2. The second kappa shape index (κ2) is 37.8. The lowest BCUT2D eigenvalue weighted by molar-refractivity contribution is -0.850. The number of H-pyrrole nitrogens is 1. The number of carbonyl (C=O) groups is 3. The van der Waals surface area contributed by atoms with Crippen LogP contribution in [0.3, 0.4) is 0 Å². The van der Waals surface area contributed by atoms with Crippen LogP contribution in [0, 0.1) is 18.8 Å². The number of hydrogen-bond acceptors (Lipinski definition) is 25. The van der Waals surface area contributed by atoms with Crippen molar-refractivity contribution in [2.75, 3.05) is 84.0 Å². The van der Waals surface area contributed by atoms with Crippen molar-refractivity contribution in [1.82, 2.24) is 25.5 Å². The van der Waals surface area contributed by atoms with Gasteiger partial charge in [0.2, 0.25) is 11.8 Å². The number of phosphoric ester groups is 1. The molecular weight excluding hydrogens is 1430 g/mol. The SMILES string of the molecule is Cc1ccc2c(c1)C(C)(C)/C(=C\C=C\C1[NH+](CCCOc3ccc(O)cc3)c3ccccc3C1(C)C)N2CCCCCC(=O)NCCNC(=O)c1cccc(OCC(N=[N+]=[N-])OCCOCC(=O)NCC#Cc2cn(C3CC(OCN=[N+]=[N-])C(COP(=O)([O-])OP(=O)([O-])OP(=O)([O-])[O-])O3)c(=O)[nH]c2=O)c1. The fourth-order valence-corrected chi connectivity index (χ4v) is 15.1. The number of phenolic OH excluding ortho intramolecular Hbond substituents is 1. The monoisotopic (exact) mass is 1510 g/mol. The number of para-hydroxylation sites is 1. The molecule has 5 aromatic rings. The molecule has 35 nitrogen and oxygen atoms in total. The number of carbonyl (C=O) groups excluding carboxylic acids is 3. The number of anilines is 1.